The molecule has 0 amide bonds. The average molecular weight is 2490 g/mol. The molecule has 678 valence electrons. The predicted molar refractivity (Wildman–Crippen MR) is 523 cm³/mol. The zero-order valence-corrected chi connectivity index (χ0v) is 82.5. The summed E-state index contributed by atoms with van der Waals surface area (Å²) < 4.78 is 126. The molecule has 0 aliphatic carbocycles. The Kier molecular flexibility index (Phi) is 37.2. The van der Waals surface area contributed by atoms with Gasteiger partial charge < -0.3 is 39.9 Å². The van der Waals surface area contributed by atoms with Gasteiger partial charge in [-0.25, -0.2) is 17.6 Å². The third-order valence-corrected chi connectivity index (χ3v) is 19.7. The summed E-state index contributed by atoms with van der Waals surface area (Å²) in [6, 6.07) is 141. The molecule has 0 saturated carbocycles. The summed E-state index contributed by atoms with van der Waals surface area (Å²) in [7, 11) is 0. The number of rotatable bonds is 13. The maximum absolute atomic E-state index is 12.9. The molecule has 0 saturated heterocycles. The van der Waals surface area contributed by atoms with Crippen molar-refractivity contribution in [3.8, 4) is 135 Å². The van der Waals surface area contributed by atoms with Crippen molar-refractivity contribution in [3.05, 3.63) is 531 Å². The standard InChI is InChI=1S/4C17H11FN.C14H14N.C13H12N.2C12H10N.4Ir/c4*18-16-9-6-13(7-10-16)15-8-11-17(19-12-15)14-4-2-1-3-5-14;1-11(2)13-8-9-15-14(10-13)12-6-4-3-5-7-12;1-10-8-13(14-9-11(10)2)12-6-4-3-5-7-12;1-10-6-5-9-13-12(10)11-7-3-2-4-8-11;1-10-6-5-9-12(13-10)11-7-3-2-4-8-11;;;;/h4*1-4,6-12H;3-6,8-11H,1-2H3;3-6,8-9H,1-2H3;2*2-7,9H,1H3;;;;/q8*-1;;;;/i;;;;1D3,11D;2D3;;1D3;;;;. The number of hydrogen-bond donors (Lipinski definition) is 0. The van der Waals surface area contributed by atoms with Gasteiger partial charge >= 0.3 is 0 Å². The molecule has 4 radical (unpaired) electrons. The van der Waals surface area contributed by atoms with Crippen LogP contribution >= 0.6 is 0 Å². The van der Waals surface area contributed by atoms with E-state index in [0.29, 0.717) is 22.5 Å². The van der Waals surface area contributed by atoms with Gasteiger partial charge in [-0.3, -0.25) is 0 Å². The second kappa shape index (κ2) is 55.6. The Morgan fingerprint density at radius 1 is 0.252 bits per heavy atom. The van der Waals surface area contributed by atoms with Gasteiger partial charge in [-0.1, -0.05) is 158 Å². The van der Waals surface area contributed by atoms with Gasteiger partial charge in [0.25, 0.3) is 0 Å². The van der Waals surface area contributed by atoms with E-state index in [2.05, 4.69) is 101 Å². The van der Waals surface area contributed by atoms with E-state index in [9.17, 15) is 17.6 Å². The Labute approximate surface area is 857 Å². The maximum atomic E-state index is 12.9. The smallest absolute Gasteiger partial charge is 0.123 e. The van der Waals surface area contributed by atoms with Gasteiger partial charge in [0.2, 0.25) is 0 Å². The summed E-state index contributed by atoms with van der Waals surface area (Å²) in [6.45, 7) is -1.40. The van der Waals surface area contributed by atoms with E-state index < -0.39 is 26.4 Å². The summed E-state index contributed by atoms with van der Waals surface area (Å²) in [5.41, 5.74) is 24.4. The number of hydrogen-bond acceptors (Lipinski definition) is 8. The Bertz CT molecular complexity index is 6740. The Hall–Kier alpha value is -13.8. The van der Waals surface area contributed by atoms with Gasteiger partial charge in [0, 0.05) is 143 Å². The van der Waals surface area contributed by atoms with Crippen molar-refractivity contribution in [2.75, 3.05) is 0 Å². The molecule has 20 aromatic rings. The van der Waals surface area contributed by atoms with Crippen LogP contribution in [0.2, 0.25) is 0 Å². The minimum atomic E-state index is -2.38. The molecule has 12 aromatic carbocycles. The monoisotopic (exact) mass is 2490 g/mol. The zero-order valence-electron chi connectivity index (χ0n) is 82.9. The minimum absolute atomic E-state index is 0. The summed E-state index contributed by atoms with van der Waals surface area (Å²) in [4.78, 5) is 34.5. The van der Waals surface area contributed by atoms with Crippen LogP contribution in [0.25, 0.3) is 135 Å². The normalized spacial score (nSPS) is 11.8. The van der Waals surface area contributed by atoms with Crippen molar-refractivity contribution in [2.24, 2.45) is 0 Å². The van der Waals surface area contributed by atoms with Crippen LogP contribution in [0.15, 0.2) is 432 Å². The molecule has 8 heterocycles. The third kappa shape index (κ3) is 32.8. The van der Waals surface area contributed by atoms with Gasteiger partial charge in [0.05, 0.1) is 0 Å². The van der Waals surface area contributed by atoms with Crippen LogP contribution in [-0.2, 0) is 80.4 Å². The molecule has 0 N–H and O–H groups in total. The van der Waals surface area contributed by atoms with Crippen LogP contribution in [-0.4, -0.2) is 39.9 Å². The molecule has 1 unspecified atom stereocenters. The van der Waals surface area contributed by atoms with Gasteiger partial charge in [0.1, 0.15) is 23.3 Å². The van der Waals surface area contributed by atoms with Crippen LogP contribution < -0.4 is 0 Å². The molecule has 16 heteroatoms. The fourth-order valence-electron chi connectivity index (χ4n) is 12.7. The van der Waals surface area contributed by atoms with E-state index in [4.69, 9.17) is 13.7 Å². The molecule has 135 heavy (non-hydrogen) atoms. The summed E-state index contributed by atoms with van der Waals surface area (Å²) in [5.74, 6) is -2.57. The predicted octanol–water partition coefficient (Wildman–Crippen LogP) is 30.0. The van der Waals surface area contributed by atoms with Crippen LogP contribution in [0.1, 0.15) is 61.3 Å². The zero-order chi connectivity index (χ0) is 99.6. The van der Waals surface area contributed by atoms with Crippen LogP contribution in [0.4, 0.5) is 17.6 Å². The first-order valence-electron chi connectivity index (χ1n) is 46.5. The van der Waals surface area contributed by atoms with E-state index in [1.54, 1.807) is 123 Å². The van der Waals surface area contributed by atoms with E-state index in [0.717, 1.165) is 129 Å². The molecular formula is C119H90F4Ir4N8-8. The van der Waals surface area contributed by atoms with Gasteiger partial charge in [-0.2, -0.15) is 0 Å². The van der Waals surface area contributed by atoms with E-state index in [-0.39, 0.29) is 109 Å². The van der Waals surface area contributed by atoms with Crippen LogP contribution in [0.5, 0.6) is 0 Å². The number of pyridine rings is 8. The molecule has 0 bridgehead atoms. The molecule has 0 fully saturated rings. The van der Waals surface area contributed by atoms with E-state index in [1.807, 2.05) is 243 Å². The minimum Gasteiger partial charge on any atom is -0.305 e. The average Bonchev–Trinajstić information content (AvgIpc) is 0.785. The fraction of sp³-hybridized carbons (Fsp3) is 0.0588. The summed E-state index contributed by atoms with van der Waals surface area (Å²) in [6.07, 6.45) is 11.9. The van der Waals surface area contributed by atoms with Crippen molar-refractivity contribution < 1.29 is 112 Å². The topological polar surface area (TPSA) is 103 Å². The number of aryl methyl sites for hydroxylation is 4. The SMILES string of the molecule is Cc1cccnc1-c1[c-]cccc1.Fc1ccc(-c2ccc(-c3[c-]cccc3)nc2)cc1.Fc1ccc(-c2ccc(-c3[c-]cccc3)nc2)cc1.Fc1ccc(-c2ccc(-c3[c-]cccc3)nc2)cc1.Fc1ccc(-c2ccc(-c3[c-]cccc3)nc2)cc1.[2H]C([2H])([2H])C([2H])(C)c1ccnc(-c2[c-]cccc2)c1.[2H]C([2H])([2H])c1cccc(-c2[c-]cccc2)n1.[2H]C([2H])([2H])c1cnc(-c2[c-]cccc2)cc1C.[Ir].[Ir].[Ir].[Ir]. The molecule has 8 nitrogen and oxygen atoms in total. The Balaban J connectivity index is 0.000000184. The largest absolute Gasteiger partial charge is 0.305 e. The molecule has 0 aliphatic rings. The third-order valence-electron chi connectivity index (χ3n) is 19.7. The van der Waals surface area contributed by atoms with E-state index in [1.165, 1.54) is 79.5 Å². The van der Waals surface area contributed by atoms with Crippen molar-refractivity contribution >= 4 is 0 Å². The number of halogens is 4. The van der Waals surface area contributed by atoms with Crippen molar-refractivity contribution in [1.82, 2.24) is 39.9 Å². The molecular weight excluding hydrogens is 2390 g/mol. The molecule has 0 aliphatic heterocycles. The van der Waals surface area contributed by atoms with Gasteiger partial charge in [0.15, 0.2) is 0 Å². The summed E-state index contributed by atoms with van der Waals surface area (Å²) >= 11 is 0. The second-order valence-electron chi connectivity index (χ2n) is 29.0. The first kappa shape index (κ1) is 90.3. The molecule has 8 aromatic heterocycles. The summed E-state index contributed by atoms with van der Waals surface area (Å²) in [5, 5.41) is 0. The van der Waals surface area contributed by atoms with Crippen molar-refractivity contribution in [2.45, 2.75) is 47.2 Å². The fourth-order valence-corrected chi connectivity index (χ4v) is 12.7. The van der Waals surface area contributed by atoms with Gasteiger partial charge in [-0.05, 0) is 196 Å². The Morgan fingerprint density at radius 3 is 0.852 bits per heavy atom. The number of aromatic nitrogens is 8. The maximum Gasteiger partial charge on any atom is 0.123 e. The molecule has 1 atom stereocenters. The number of nitrogens with zero attached hydrogens (tertiary/aromatic N) is 8. The van der Waals surface area contributed by atoms with Gasteiger partial charge in [-0.15, -0.1) is 287 Å². The first-order chi connectivity index (χ1) is 68.1. The van der Waals surface area contributed by atoms with Crippen molar-refractivity contribution in [3.63, 3.8) is 0 Å². The molecule has 0 spiro atoms. The first-order valence-corrected chi connectivity index (χ1v) is 41.5. The number of benzene rings is 12. The molecule has 20 rings (SSSR count). The Morgan fingerprint density at radius 2 is 0.563 bits per heavy atom. The second-order valence-corrected chi connectivity index (χ2v) is 29.0. The van der Waals surface area contributed by atoms with Crippen LogP contribution in [0, 0.1) is 99.4 Å². The quantitative estimate of drug-likeness (QED) is 0.0831. The van der Waals surface area contributed by atoms with Crippen molar-refractivity contribution in [1.29, 1.82) is 0 Å². The van der Waals surface area contributed by atoms with E-state index >= 15 is 0 Å². The van der Waals surface area contributed by atoms with Crippen LogP contribution in [0.3, 0.4) is 0 Å².